The third kappa shape index (κ3) is 7.03. The fraction of sp³-hybridized carbons (Fsp3) is 0.545. The summed E-state index contributed by atoms with van der Waals surface area (Å²) < 4.78 is 32.8. The Bertz CT molecular complexity index is 742. The van der Waals surface area contributed by atoms with Gasteiger partial charge in [-0.05, 0) is 25.7 Å². The molecule has 2 rings (SSSR count). The van der Waals surface area contributed by atoms with Crippen LogP contribution in [0.2, 0.25) is 0 Å². The van der Waals surface area contributed by atoms with Crippen molar-refractivity contribution in [2.24, 2.45) is 0 Å². The van der Waals surface area contributed by atoms with Crippen LogP contribution in [0.5, 0.6) is 23.0 Å². The van der Waals surface area contributed by atoms with Gasteiger partial charge in [0.25, 0.3) is 0 Å². The van der Waals surface area contributed by atoms with Gasteiger partial charge in [0, 0.05) is 44.4 Å². The molecule has 8 heteroatoms. The summed E-state index contributed by atoms with van der Waals surface area (Å²) in [5.41, 5.74) is 1.93. The Hall–Kier alpha value is -2.58. The molecule has 0 amide bonds. The highest BCUT2D eigenvalue weighted by Gasteiger charge is 2.22. The molecule has 0 saturated heterocycles. The van der Waals surface area contributed by atoms with Crippen LogP contribution in [0.25, 0.3) is 0 Å². The van der Waals surface area contributed by atoms with Gasteiger partial charge in [0.15, 0.2) is 36.6 Å². The van der Waals surface area contributed by atoms with Crippen LogP contribution in [-0.4, -0.2) is 52.0 Å². The van der Waals surface area contributed by atoms with Crippen molar-refractivity contribution in [2.75, 3.05) is 42.0 Å². The summed E-state index contributed by atoms with van der Waals surface area (Å²) in [4.78, 5) is 8.42. The molecule has 166 valence electrons. The van der Waals surface area contributed by atoms with Crippen LogP contribution in [0, 0.1) is 0 Å². The van der Waals surface area contributed by atoms with Crippen molar-refractivity contribution < 1.29 is 28.4 Å². The van der Waals surface area contributed by atoms with Crippen LogP contribution in [0.4, 0.5) is 0 Å². The Morgan fingerprint density at radius 3 is 2.10 bits per heavy atom. The summed E-state index contributed by atoms with van der Waals surface area (Å²) in [5, 5.41) is 0. The molecule has 30 heavy (non-hydrogen) atoms. The molecule has 1 heterocycles. The second-order valence-corrected chi connectivity index (χ2v) is 6.63. The molecule has 8 nitrogen and oxygen atoms in total. The summed E-state index contributed by atoms with van der Waals surface area (Å²) in [7, 11) is 6.36. The van der Waals surface area contributed by atoms with Gasteiger partial charge in [-0.3, -0.25) is 9.97 Å². The number of rotatable bonds is 15. The molecule has 0 unspecified atom stereocenters. The van der Waals surface area contributed by atoms with Crippen molar-refractivity contribution in [3.05, 3.63) is 35.9 Å². The molecule has 0 spiro atoms. The summed E-state index contributed by atoms with van der Waals surface area (Å²) in [5.74, 6) is 2.36. The Balaban J connectivity index is 2.06. The third-order valence-electron chi connectivity index (χ3n) is 4.56. The van der Waals surface area contributed by atoms with E-state index in [4.69, 9.17) is 28.4 Å². The number of aromatic nitrogens is 2. The second-order valence-electron chi connectivity index (χ2n) is 6.63. The quantitative estimate of drug-likeness (QED) is 0.318. The minimum atomic E-state index is 0.111. The number of nitrogens with zero attached hydrogens (tertiary/aromatic N) is 2. The number of hydrogen-bond acceptors (Lipinski definition) is 8. The summed E-state index contributed by atoms with van der Waals surface area (Å²) in [6, 6.07) is 1.74. The Morgan fingerprint density at radius 2 is 1.47 bits per heavy atom. The van der Waals surface area contributed by atoms with Crippen molar-refractivity contribution in [2.45, 2.75) is 38.5 Å². The number of unbranched alkanes of at least 4 members (excludes halogenated alkanes) is 3. The average molecular weight is 421 g/mol. The van der Waals surface area contributed by atoms with Crippen LogP contribution in [0.3, 0.4) is 0 Å². The topological polar surface area (TPSA) is 81.2 Å². The molecule has 1 aromatic carbocycles. The molecule has 0 bridgehead atoms. The molecule has 0 radical (unpaired) electrons. The van der Waals surface area contributed by atoms with Gasteiger partial charge in [-0.25, -0.2) is 0 Å². The maximum Gasteiger partial charge on any atom is 0.188 e. The van der Waals surface area contributed by atoms with Gasteiger partial charge >= 0.3 is 0 Å². The standard InChI is InChI=1S/C22H32N2O6/c1-25-15-29-20-13-19(27-3)22(30-16-26-2)18(21(20)28-4)10-8-6-5-7-9-17-14-23-11-12-24-17/h11-14H,5-10,15-16H2,1-4H3. The molecule has 2 aromatic rings. The number of aryl methyl sites for hydroxylation is 1. The largest absolute Gasteiger partial charge is 0.493 e. The smallest absolute Gasteiger partial charge is 0.188 e. The number of methoxy groups -OCH3 is 4. The zero-order valence-electron chi connectivity index (χ0n) is 18.3. The summed E-state index contributed by atoms with van der Waals surface area (Å²) in [6.07, 6.45) is 11.2. The highest BCUT2D eigenvalue weighted by Crippen LogP contribution is 2.45. The molecular formula is C22H32N2O6. The molecule has 0 aliphatic carbocycles. The van der Waals surface area contributed by atoms with Crippen LogP contribution >= 0.6 is 0 Å². The van der Waals surface area contributed by atoms with Crippen molar-refractivity contribution >= 4 is 0 Å². The van der Waals surface area contributed by atoms with E-state index in [-0.39, 0.29) is 13.6 Å². The lowest BCUT2D eigenvalue weighted by Gasteiger charge is -2.20. The van der Waals surface area contributed by atoms with E-state index in [1.54, 1.807) is 46.9 Å². The van der Waals surface area contributed by atoms with E-state index in [0.29, 0.717) is 23.0 Å². The molecule has 0 aliphatic heterocycles. The number of benzene rings is 1. The van der Waals surface area contributed by atoms with Gasteiger partial charge in [-0.15, -0.1) is 0 Å². The van der Waals surface area contributed by atoms with E-state index in [2.05, 4.69) is 9.97 Å². The maximum atomic E-state index is 5.82. The van der Waals surface area contributed by atoms with Gasteiger partial charge in [-0.2, -0.15) is 0 Å². The Labute approximate surface area is 178 Å². The highest BCUT2D eigenvalue weighted by atomic mass is 16.7. The van der Waals surface area contributed by atoms with E-state index in [1.807, 2.05) is 6.20 Å². The first-order chi connectivity index (χ1) is 14.7. The summed E-state index contributed by atoms with van der Waals surface area (Å²) >= 11 is 0. The third-order valence-corrected chi connectivity index (χ3v) is 4.56. The first-order valence-corrected chi connectivity index (χ1v) is 10.0. The first-order valence-electron chi connectivity index (χ1n) is 10.0. The van der Waals surface area contributed by atoms with Gasteiger partial charge in [-0.1, -0.05) is 12.8 Å². The zero-order valence-corrected chi connectivity index (χ0v) is 18.3. The predicted octanol–water partition coefficient (Wildman–Crippen LogP) is 3.80. The number of hydrogen-bond donors (Lipinski definition) is 0. The minimum absolute atomic E-state index is 0.111. The van der Waals surface area contributed by atoms with E-state index < -0.39 is 0 Å². The lowest BCUT2D eigenvalue weighted by atomic mass is 10.0. The van der Waals surface area contributed by atoms with Gasteiger partial charge in [0.05, 0.1) is 19.9 Å². The molecular weight excluding hydrogens is 388 g/mol. The molecule has 0 atom stereocenters. The normalized spacial score (nSPS) is 10.7. The predicted molar refractivity (Wildman–Crippen MR) is 112 cm³/mol. The molecule has 0 N–H and O–H groups in total. The molecule has 0 fully saturated rings. The fourth-order valence-corrected chi connectivity index (χ4v) is 3.18. The van der Waals surface area contributed by atoms with Crippen molar-refractivity contribution in [1.82, 2.24) is 9.97 Å². The highest BCUT2D eigenvalue weighted by molar-refractivity contribution is 5.61. The first kappa shape index (κ1) is 23.7. The van der Waals surface area contributed by atoms with E-state index >= 15 is 0 Å². The second kappa shape index (κ2) is 13.6. The van der Waals surface area contributed by atoms with Crippen LogP contribution in [-0.2, 0) is 22.3 Å². The fourth-order valence-electron chi connectivity index (χ4n) is 3.18. The SMILES string of the molecule is COCOc1cc(OC)c(OCOC)c(CCCCCCc2cnccn2)c1OC. The van der Waals surface area contributed by atoms with Crippen LogP contribution in [0.1, 0.15) is 36.9 Å². The monoisotopic (exact) mass is 420 g/mol. The van der Waals surface area contributed by atoms with Gasteiger partial charge in [0.2, 0.25) is 0 Å². The summed E-state index contributed by atoms with van der Waals surface area (Å²) in [6.45, 7) is 0.225. The van der Waals surface area contributed by atoms with E-state index in [1.165, 1.54) is 0 Å². The Morgan fingerprint density at radius 1 is 0.733 bits per heavy atom. The van der Waals surface area contributed by atoms with Gasteiger partial charge < -0.3 is 28.4 Å². The molecule has 0 aliphatic rings. The maximum absolute atomic E-state index is 5.82. The van der Waals surface area contributed by atoms with Crippen molar-refractivity contribution in [3.8, 4) is 23.0 Å². The minimum Gasteiger partial charge on any atom is -0.493 e. The number of ether oxygens (including phenoxy) is 6. The zero-order chi connectivity index (χ0) is 21.6. The van der Waals surface area contributed by atoms with E-state index in [0.717, 1.165) is 49.8 Å². The Kier molecular flexibility index (Phi) is 10.7. The van der Waals surface area contributed by atoms with Gasteiger partial charge in [0.1, 0.15) is 0 Å². The van der Waals surface area contributed by atoms with Crippen molar-refractivity contribution in [3.63, 3.8) is 0 Å². The van der Waals surface area contributed by atoms with Crippen LogP contribution < -0.4 is 18.9 Å². The lowest BCUT2D eigenvalue weighted by Crippen LogP contribution is -2.08. The van der Waals surface area contributed by atoms with Crippen molar-refractivity contribution in [1.29, 1.82) is 0 Å². The lowest BCUT2D eigenvalue weighted by molar-refractivity contribution is 0.0444. The molecule has 1 aromatic heterocycles. The average Bonchev–Trinajstić information content (AvgIpc) is 2.79. The van der Waals surface area contributed by atoms with Crippen LogP contribution in [0.15, 0.2) is 24.7 Å². The molecule has 0 saturated carbocycles. The van der Waals surface area contributed by atoms with E-state index in [9.17, 15) is 0 Å².